The van der Waals surface area contributed by atoms with Crippen LogP contribution >= 0.6 is 0 Å². The van der Waals surface area contributed by atoms with Crippen LogP contribution in [-0.2, 0) is 10.0 Å². The van der Waals surface area contributed by atoms with E-state index in [0.717, 1.165) is 19.3 Å². The van der Waals surface area contributed by atoms with Crippen molar-refractivity contribution in [1.82, 2.24) is 4.31 Å². The van der Waals surface area contributed by atoms with Crippen molar-refractivity contribution in [2.24, 2.45) is 23.5 Å². The van der Waals surface area contributed by atoms with E-state index in [1.807, 2.05) is 0 Å². The standard InChI is InChI=1S/C10H20N2O2S/c1-12(2)15(13,14)6-7-3-8-5-10(11)9(8)4-7/h7-10H,3-6,11H2,1-2H3. The molecule has 0 spiro atoms. The minimum absolute atomic E-state index is 0.305. The second kappa shape index (κ2) is 3.71. The van der Waals surface area contributed by atoms with E-state index >= 15 is 0 Å². The van der Waals surface area contributed by atoms with Crippen LogP contribution in [0.25, 0.3) is 0 Å². The van der Waals surface area contributed by atoms with Gasteiger partial charge in [0.15, 0.2) is 0 Å². The number of hydrogen-bond acceptors (Lipinski definition) is 3. The maximum Gasteiger partial charge on any atom is 0.213 e. The molecule has 2 N–H and O–H groups in total. The Morgan fingerprint density at radius 3 is 2.40 bits per heavy atom. The van der Waals surface area contributed by atoms with Gasteiger partial charge in [-0.25, -0.2) is 12.7 Å². The number of nitrogens with zero attached hydrogens (tertiary/aromatic N) is 1. The summed E-state index contributed by atoms with van der Waals surface area (Å²) in [5, 5.41) is 0. The number of fused-ring (bicyclic) bond motifs is 1. The molecule has 0 bridgehead atoms. The molecule has 4 nitrogen and oxygen atoms in total. The second-order valence-electron chi connectivity index (χ2n) is 5.22. The molecule has 0 aliphatic heterocycles. The van der Waals surface area contributed by atoms with Gasteiger partial charge >= 0.3 is 0 Å². The average molecular weight is 232 g/mol. The molecule has 4 atom stereocenters. The summed E-state index contributed by atoms with van der Waals surface area (Å²) in [6.45, 7) is 0. The first-order chi connectivity index (χ1) is 6.90. The molecule has 2 aliphatic rings. The van der Waals surface area contributed by atoms with E-state index in [4.69, 9.17) is 5.73 Å². The highest BCUT2D eigenvalue weighted by molar-refractivity contribution is 7.89. The maximum absolute atomic E-state index is 11.7. The smallest absolute Gasteiger partial charge is 0.213 e. The van der Waals surface area contributed by atoms with Gasteiger partial charge in [0.05, 0.1) is 5.75 Å². The van der Waals surface area contributed by atoms with Crippen molar-refractivity contribution < 1.29 is 8.42 Å². The molecule has 0 radical (unpaired) electrons. The minimum Gasteiger partial charge on any atom is -0.327 e. The van der Waals surface area contributed by atoms with Crippen LogP contribution in [0.5, 0.6) is 0 Å². The van der Waals surface area contributed by atoms with Crippen LogP contribution in [0.2, 0.25) is 0 Å². The van der Waals surface area contributed by atoms with E-state index < -0.39 is 10.0 Å². The van der Waals surface area contributed by atoms with Crippen LogP contribution in [0, 0.1) is 17.8 Å². The fourth-order valence-electron chi connectivity index (χ4n) is 2.98. The Bertz CT molecular complexity index is 339. The highest BCUT2D eigenvalue weighted by atomic mass is 32.2. The summed E-state index contributed by atoms with van der Waals surface area (Å²) in [4.78, 5) is 0. The van der Waals surface area contributed by atoms with Gasteiger partial charge in [-0.2, -0.15) is 0 Å². The Balaban J connectivity index is 1.93. The first kappa shape index (κ1) is 11.4. The molecule has 88 valence electrons. The van der Waals surface area contributed by atoms with E-state index in [2.05, 4.69) is 0 Å². The van der Waals surface area contributed by atoms with Gasteiger partial charge in [0.1, 0.15) is 0 Å². The van der Waals surface area contributed by atoms with E-state index in [1.165, 1.54) is 4.31 Å². The second-order valence-corrected chi connectivity index (χ2v) is 7.45. The highest BCUT2D eigenvalue weighted by Crippen LogP contribution is 2.49. The minimum atomic E-state index is -3.03. The molecule has 2 aliphatic carbocycles. The van der Waals surface area contributed by atoms with Gasteiger partial charge in [0.2, 0.25) is 10.0 Å². The SMILES string of the molecule is CN(C)S(=O)(=O)CC1CC2CC(N)C2C1. The molecule has 15 heavy (non-hydrogen) atoms. The Hall–Kier alpha value is -0.130. The van der Waals surface area contributed by atoms with Crippen molar-refractivity contribution >= 4 is 10.0 Å². The summed E-state index contributed by atoms with van der Waals surface area (Å²) in [5.41, 5.74) is 5.89. The zero-order chi connectivity index (χ0) is 11.2. The molecule has 4 unspecified atom stereocenters. The van der Waals surface area contributed by atoms with Crippen molar-refractivity contribution in [3.63, 3.8) is 0 Å². The quantitative estimate of drug-likeness (QED) is 0.758. The third-order valence-corrected chi connectivity index (χ3v) is 5.98. The van der Waals surface area contributed by atoms with Crippen molar-refractivity contribution in [3.8, 4) is 0 Å². The lowest BCUT2D eigenvalue weighted by Crippen LogP contribution is -2.44. The van der Waals surface area contributed by atoms with Crippen LogP contribution in [-0.4, -0.2) is 38.6 Å². The summed E-state index contributed by atoms with van der Waals surface area (Å²) in [5.74, 6) is 1.95. The van der Waals surface area contributed by atoms with Crippen LogP contribution in [0.15, 0.2) is 0 Å². The topological polar surface area (TPSA) is 63.4 Å². The summed E-state index contributed by atoms with van der Waals surface area (Å²) < 4.78 is 24.7. The third-order valence-electron chi connectivity index (χ3n) is 3.97. The molecular formula is C10H20N2O2S. The van der Waals surface area contributed by atoms with Gasteiger partial charge in [0.25, 0.3) is 0 Å². The molecule has 5 heteroatoms. The Morgan fingerprint density at radius 2 is 1.93 bits per heavy atom. The van der Waals surface area contributed by atoms with Crippen LogP contribution in [0.1, 0.15) is 19.3 Å². The van der Waals surface area contributed by atoms with Crippen LogP contribution < -0.4 is 5.73 Å². The van der Waals surface area contributed by atoms with Crippen molar-refractivity contribution in [3.05, 3.63) is 0 Å². The summed E-state index contributed by atoms with van der Waals surface area (Å²) in [7, 11) is 0.178. The predicted molar refractivity (Wildman–Crippen MR) is 59.8 cm³/mol. The fourth-order valence-corrected chi connectivity index (χ4v) is 4.15. The molecule has 0 aromatic carbocycles. The molecule has 0 amide bonds. The molecule has 0 saturated heterocycles. The summed E-state index contributed by atoms with van der Waals surface area (Å²) >= 11 is 0. The lowest BCUT2D eigenvalue weighted by molar-refractivity contribution is 0.173. The van der Waals surface area contributed by atoms with E-state index in [0.29, 0.717) is 29.5 Å². The van der Waals surface area contributed by atoms with Gasteiger partial charge in [-0.05, 0) is 37.0 Å². The summed E-state index contributed by atoms with van der Waals surface area (Å²) in [6.07, 6.45) is 3.17. The predicted octanol–water partition coefficient (Wildman–Crippen LogP) is 0.251. The molecule has 0 heterocycles. The van der Waals surface area contributed by atoms with E-state index in [1.54, 1.807) is 14.1 Å². The molecular weight excluding hydrogens is 212 g/mol. The number of hydrogen-bond donors (Lipinski definition) is 1. The number of sulfonamides is 1. The van der Waals surface area contributed by atoms with E-state index in [-0.39, 0.29) is 0 Å². The van der Waals surface area contributed by atoms with Crippen LogP contribution in [0.3, 0.4) is 0 Å². The normalized spacial score (nSPS) is 40.3. The molecule has 2 saturated carbocycles. The van der Waals surface area contributed by atoms with Gasteiger partial charge < -0.3 is 5.73 Å². The van der Waals surface area contributed by atoms with Gasteiger partial charge in [0, 0.05) is 20.1 Å². The molecule has 2 fully saturated rings. The molecule has 0 aromatic rings. The lowest BCUT2D eigenvalue weighted by atomic mass is 9.72. The van der Waals surface area contributed by atoms with Crippen molar-refractivity contribution in [2.75, 3.05) is 19.8 Å². The average Bonchev–Trinajstić information content (AvgIpc) is 2.42. The zero-order valence-electron chi connectivity index (χ0n) is 9.39. The zero-order valence-corrected chi connectivity index (χ0v) is 10.2. The molecule has 2 rings (SSSR count). The van der Waals surface area contributed by atoms with Crippen LogP contribution in [0.4, 0.5) is 0 Å². The first-order valence-electron chi connectivity index (χ1n) is 5.56. The first-order valence-corrected chi connectivity index (χ1v) is 7.17. The van der Waals surface area contributed by atoms with Gasteiger partial charge in [-0.15, -0.1) is 0 Å². The number of rotatable bonds is 3. The Kier molecular flexibility index (Phi) is 2.81. The Labute approximate surface area is 91.9 Å². The lowest BCUT2D eigenvalue weighted by Gasteiger charge is -2.37. The van der Waals surface area contributed by atoms with E-state index in [9.17, 15) is 8.42 Å². The van der Waals surface area contributed by atoms with Crippen molar-refractivity contribution in [2.45, 2.75) is 25.3 Å². The monoisotopic (exact) mass is 232 g/mol. The maximum atomic E-state index is 11.7. The summed E-state index contributed by atoms with van der Waals surface area (Å²) in [6, 6.07) is 0.335. The highest BCUT2D eigenvalue weighted by Gasteiger charge is 2.46. The van der Waals surface area contributed by atoms with Gasteiger partial charge in [-0.1, -0.05) is 0 Å². The largest absolute Gasteiger partial charge is 0.327 e. The fraction of sp³-hybridized carbons (Fsp3) is 1.00. The number of nitrogens with two attached hydrogens (primary N) is 1. The molecule has 0 aromatic heterocycles. The van der Waals surface area contributed by atoms with Gasteiger partial charge in [-0.3, -0.25) is 0 Å². The Morgan fingerprint density at radius 1 is 1.27 bits per heavy atom. The van der Waals surface area contributed by atoms with Crippen molar-refractivity contribution in [1.29, 1.82) is 0 Å². The third kappa shape index (κ3) is 2.05.